The van der Waals surface area contributed by atoms with E-state index in [4.69, 9.17) is 9.47 Å². The lowest BCUT2D eigenvalue weighted by Crippen LogP contribution is -2.29. The first-order valence-electron chi connectivity index (χ1n) is 9.61. The largest absolute Gasteiger partial charge is 0.496 e. The van der Waals surface area contributed by atoms with Gasteiger partial charge >= 0.3 is 0 Å². The van der Waals surface area contributed by atoms with Gasteiger partial charge in [-0.25, -0.2) is 13.8 Å². The monoisotopic (exact) mass is 413 g/mol. The Morgan fingerprint density at radius 1 is 1.13 bits per heavy atom. The molecule has 1 amide bonds. The maximum absolute atomic E-state index is 13.5. The molecule has 0 bridgehead atoms. The van der Waals surface area contributed by atoms with Gasteiger partial charge in [0, 0.05) is 31.4 Å². The number of methoxy groups -OCH3 is 2. The number of likely N-dealkylation sites (tertiary alicyclic amines) is 1. The molecular weight excluding hydrogens is 392 g/mol. The average molecular weight is 413 g/mol. The SMILES string of the molecule is COc1cccc(OC)c1C(=O)N1CC[C@@H](Cc2cnc3cc(F)c(F)cc3n2)C1. The van der Waals surface area contributed by atoms with E-state index in [1.54, 1.807) is 29.3 Å². The molecule has 0 radical (unpaired) electrons. The van der Waals surface area contributed by atoms with Crippen LogP contribution in [-0.4, -0.2) is 48.1 Å². The van der Waals surface area contributed by atoms with Crippen molar-refractivity contribution in [2.45, 2.75) is 12.8 Å². The Morgan fingerprint density at radius 3 is 2.47 bits per heavy atom. The van der Waals surface area contributed by atoms with Gasteiger partial charge in [0.2, 0.25) is 0 Å². The lowest BCUT2D eigenvalue weighted by molar-refractivity contribution is 0.0780. The molecule has 30 heavy (non-hydrogen) atoms. The fourth-order valence-corrected chi connectivity index (χ4v) is 3.84. The summed E-state index contributed by atoms with van der Waals surface area (Å²) >= 11 is 0. The number of rotatable bonds is 5. The Morgan fingerprint density at radius 2 is 1.80 bits per heavy atom. The fourth-order valence-electron chi connectivity index (χ4n) is 3.84. The number of aromatic nitrogens is 2. The van der Waals surface area contributed by atoms with E-state index in [2.05, 4.69) is 9.97 Å². The van der Waals surface area contributed by atoms with E-state index in [-0.39, 0.29) is 11.8 Å². The number of nitrogens with zero attached hydrogens (tertiary/aromatic N) is 3. The molecule has 1 saturated heterocycles. The molecule has 2 heterocycles. The van der Waals surface area contributed by atoms with Crippen molar-refractivity contribution in [1.29, 1.82) is 0 Å². The van der Waals surface area contributed by atoms with Gasteiger partial charge in [-0.05, 0) is 30.9 Å². The average Bonchev–Trinajstić information content (AvgIpc) is 3.22. The molecule has 0 unspecified atom stereocenters. The fraction of sp³-hybridized carbons (Fsp3) is 0.318. The Hall–Kier alpha value is -3.29. The summed E-state index contributed by atoms with van der Waals surface area (Å²) in [7, 11) is 3.04. The van der Waals surface area contributed by atoms with E-state index in [9.17, 15) is 13.6 Å². The van der Waals surface area contributed by atoms with Crippen molar-refractivity contribution in [1.82, 2.24) is 14.9 Å². The van der Waals surface area contributed by atoms with Crippen molar-refractivity contribution in [3.05, 3.63) is 59.4 Å². The first-order valence-corrected chi connectivity index (χ1v) is 9.61. The van der Waals surface area contributed by atoms with Gasteiger partial charge < -0.3 is 14.4 Å². The smallest absolute Gasteiger partial charge is 0.261 e. The molecule has 1 aliphatic heterocycles. The molecule has 156 valence electrons. The normalized spacial score (nSPS) is 16.1. The van der Waals surface area contributed by atoms with Crippen LogP contribution in [0.3, 0.4) is 0 Å². The molecule has 6 nitrogen and oxygen atoms in total. The Balaban J connectivity index is 1.49. The maximum Gasteiger partial charge on any atom is 0.261 e. The summed E-state index contributed by atoms with van der Waals surface area (Å²) in [5.74, 6) is -0.908. The van der Waals surface area contributed by atoms with Crippen LogP contribution in [-0.2, 0) is 6.42 Å². The molecule has 1 aromatic heterocycles. The molecule has 0 saturated carbocycles. The van der Waals surface area contributed by atoms with E-state index < -0.39 is 11.6 Å². The molecular formula is C22H21F2N3O3. The molecule has 1 aliphatic rings. The van der Waals surface area contributed by atoms with Crippen molar-refractivity contribution in [3.63, 3.8) is 0 Å². The first-order chi connectivity index (χ1) is 14.5. The zero-order valence-corrected chi connectivity index (χ0v) is 16.7. The zero-order valence-electron chi connectivity index (χ0n) is 16.7. The second kappa shape index (κ2) is 8.22. The van der Waals surface area contributed by atoms with Gasteiger partial charge in [0.25, 0.3) is 5.91 Å². The van der Waals surface area contributed by atoms with Crippen LogP contribution in [0.2, 0.25) is 0 Å². The molecule has 2 aromatic carbocycles. The summed E-state index contributed by atoms with van der Waals surface area (Å²) < 4.78 is 37.5. The lowest BCUT2D eigenvalue weighted by atomic mass is 10.0. The predicted octanol–water partition coefficient (Wildman–Crippen LogP) is 3.63. The summed E-state index contributed by atoms with van der Waals surface area (Å²) in [5, 5.41) is 0. The summed E-state index contributed by atoms with van der Waals surface area (Å²) in [4.78, 5) is 23.5. The highest BCUT2D eigenvalue weighted by atomic mass is 19.2. The standard InChI is InChI=1S/C22H21F2N3O3/c1-29-19-4-3-5-20(30-2)21(19)22(28)27-7-6-13(12-27)8-14-11-25-17-9-15(23)16(24)10-18(17)26-14/h3-5,9-11,13H,6-8,12H2,1-2H3/t13-/m0/s1. The molecule has 1 fully saturated rings. The van der Waals surface area contributed by atoms with Crippen molar-refractivity contribution in [3.8, 4) is 11.5 Å². The van der Waals surface area contributed by atoms with Crippen LogP contribution in [0.5, 0.6) is 11.5 Å². The summed E-state index contributed by atoms with van der Waals surface area (Å²) in [6, 6.07) is 7.33. The van der Waals surface area contributed by atoms with Gasteiger partial charge in [0.15, 0.2) is 11.6 Å². The van der Waals surface area contributed by atoms with Crippen molar-refractivity contribution in [2.75, 3.05) is 27.3 Å². The summed E-state index contributed by atoms with van der Waals surface area (Å²) in [6.07, 6.45) is 2.98. The maximum atomic E-state index is 13.5. The molecule has 8 heteroatoms. The van der Waals surface area contributed by atoms with Gasteiger partial charge in [-0.15, -0.1) is 0 Å². The minimum atomic E-state index is -0.947. The minimum absolute atomic E-state index is 0.144. The third-order valence-corrected chi connectivity index (χ3v) is 5.35. The van der Waals surface area contributed by atoms with E-state index in [0.29, 0.717) is 53.3 Å². The molecule has 3 aromatic rings. The van der Waals surface area contributed by atoms with Gasteiger partial charge in [0.05, 0.1) is 30.9 Å². The highest BCUT2D eigenvalue weighted by Crippen LogP contribution is 2.32. The van der Waals surface area contributed by atoms with E-state index in [1.807, 2.05) is 0 Å². The zero-order chi connectivity index (χ0) is 21.3. The lowest BCUT2D eigenvalue weighted by Gasteiger charge is -2.20. The van der Waals surface area contributed by atoms with Crippen molar-refractivity contribution in [2.24, 2.45) is 5.92 Å². The van der Waals surface area contributed by atoms with E-state index >= 15 is 0 Å². The van der Waals surface area contributed by atoms with Gasteiger partial charge in [0.1, 0.15) is 17.1 Å². The van der Waals surface area contributed by atoms with Crippen LogP contribution in [0.4, 0.5) is 8.78 Å². The van der Waals surface area contributed by atoms with E-state index in [0.717, 1.165) is 18.6 Å². The van der Waals surface area contributed by atoms with Gasteiger partial charge in [-0.2, -0.15) is 0 Å². The minimum Gasteiger partial charge on any atom is -0.496 e. The third-order valence-electron chi connectivity index (χ3n) is 5.35. The summed E-state index contributed by atoms with van der Waals surface area (Å²) in [5.41, 5.74) is 1.72. The van der Waals surface area contributed by atoms with Crippen LogP contribution < -0.4 is 9.47 Å². The van der Waals surface area contributed by atoms with Crippen LogP contribution in [0.15, 0.2) is 36.5 Å². The second-order valence-corrected chi connectivity index (χ2v) is 7.26. The molecule has 4 rings (SSSR count). The number of amides is 1. The summed E-state index contributed by atoms with van der Waals surface area (Å²) in [6.45, 7) is 1.16. The topological polar surface area (TPSA) is 64.6 Å². The van der Waals surface area contributed by atoms with Crippen LogP contribution in [0, 0.1) is 17.6 Å². The number of benzene rings is 2. The number of ether oxygens (including phenoxy) is 2. The van der Waals surface area contributed by atoms with E-state index in [1.165, 1.54) is 14.2 Å². The Kier molecular flexibility index (Phi) is 5.48. The van der Waals surface area contributed by atoms with Crippen molar-refractivity contribution >= 4 is 16.9 Å². The predicted molar refractivity (Wildman–Crippen MR) is 107 cm³/mol. The molecule has 1 atom stereocenters. The highest BCUT2D eigenvalue weighted by Gasteiger charge is 2.30. The molecule has 0 spiro atoms. The number of hydrogen-bond acceptors (Lipinski definition) is 5. The number of fused-ring (bicyclic) bond motifs is 1. The van der Waals surface area contributed by atoms with Crippen molar-refractivity contribution < 1.29 is 23.0 Å². The molecule has 0 aliphatic carbocycles. The van der Waals surface area contributed by atoms with Gasteiger partial charge in [-0.1, -0.05) is 6.07 Å². The van der Waals surface area contributed by atoms with Crippen LogP contribution in [0.1, 0.15) is 22.5 Å². The number of carbonyl (C=O) groups is 1. The Bertz CT molecular complexity index is 1080. The highest BCUT2D eigenvalue weighted by molar-refractivity contribution is 5.99. The quantitative estimate of drug-likeness (QED) is 0.639. The Labute approximate surface area is 172 Å². The third kappa shape index (κ3) is 3.77. The van der Waals surface area contributed by atoms with Crippen LogP contribution >= 0.6 is 0 Å². The second-order valence-electron chi connectivity index (χ2n) is 7.26. The number of hydrogen-bond donors (Lipinski definition) is 0. The first kappa shape index (κ1) is 20.0. The van der Waals surface area contributed by atoms with Crippen LogP contribution in [0.25, 0.3) is 11.0 Å². The molecule has 0 N–H and O–H groups in total. The number of carbonyl (C=O) groups excluding carboxylic acids is 1. The van der Waals surface area contributed by atoms with Gasteiger partial charge in [-0.3, -0.25) is 9.78 Å². The number of halogens is 2.